The molecule has 2 N–H and O–H groups in total. The molecule has 0 aromatic heterocycles. The third-order valence-corrected chi connectivity index (χ3v) is 7.85. The SMILES string of the molecule is C[C@@H](Nc1cc(C2CCN(C3CCN(C(=O)CO)C3)CC2)ccc1Cl)c1ccc(Cl)cc1Cl. The summed E-state index contributed by atoms with van der Waals surface area (Å²) in [7, 11) is 0. The fourth-order valence-corrected chi connectivity index (χ4v) is 5.78. The van der Waals surface area contributed by atoms with E-state index in [2.05, 4.69) is 29.3 Å². The van der Waals surface area contributed by atoms with Crippen LogP contribution in [0.25, 0.3) is 0 Å². The van der Waals surface area contributed by atoms with Crippen LogP contribution >= 0.6 is 34.8 Å². The van der Waals surface area contributed by atoms with Crippen molar-refractivity contribution in [3.8, 4) is 0 Å². The summed E-state index contributed by atoms with van der Waals surface area (Å²) in [4.78, 5) is 16.0. The number of halogens is 3. The predicted molar refractivity (Wildman–Crippen MR) is 136 cm³/mol. The van der Waals surface area contributed by atoms with Gasteiger partial charge in [-0.2, -0.15) is 0 Å². The zero-order chi connectivity index (χ0) is 23.5. The Kier molecular flexibility index (Phi) is 8.08. The molecule has 2 aromatic carbocycles. The minimum Gasteiger partial charge on any atom is -0.387 e. The van der Waals surface area contributed by atoms with Crippen molar-refractivity contribution in [3.63, 3.8) is 0 Å². The molecule has 178 valence electrons. The molecule has 0 bridgehead atoms. The van der Waals surface area contributed by atoms with Gasteiger partial charge < -0.3 is 15.3 Å². The van der Waals surface area contributed by atoms with Crippen molar-refractivity contribution in [1.29, 1.82) is 0 Å². The van der Waals surface area contributed by atoms with Crippen LogP contribution in [0.5, 0.6) is 0 Å². The molecule has 2 heterocycles. The van der Waals surface area contributed by atoms with Gasteiger partial charge in [0.1, 0.15) is 6.61 Å². The fourth-order valence-electron chi connectivity index (χ4n) is 5.04. The van der Waals surface area contributed by atoms with Gasteiger partial charge in [0.05, 0.1) is 16.8 Å². The Hall–Kier alpha value is -1.50. The maximum absolute atomic E-state index is 11.8. The number of nitrogens with zero attached hydrogens (tertiary/aromatic N) is 2. The van der Waals surface area contributed by atoms with E-state index in [1.807, 2.05) is 18.2 Å². The zero-order valence-corrected chi connectivity index (χ0v) is 21.0. The minimum atomic E-state index is -0.398. The highest BCUT2D eigenvalue weighted by atomic mass is 35.5. The fraction of sp³-hybridized carbons (Fsp3) is 0.480. The molecule has 2 fully saturated rings. The highest BCUT2D eigenvalue weighted by molar-refractivity contribution is 6.35. The molecule has 33 heavy (non-hydrogen) atoms. The summed E-state index contributed by atoms with van der Waals surface area (Å²) in [5.41, 5.74) is 3.17. The van der Waals surface area contributed by atoms with E-state index < -0.39 is 6.61 Å². The van der Waals surface area contributed by atoms with Crippen molar-refractivity contribution in [2.75, 3.05) is 38.1 Å². The Morgan fingerprint density at radius 1 is 1.06 bits per heavy atom. The van der Waals surface area contributed by atoms with Crippen LogP contribution in [0.1, 0.15) is 49.3 Å². The van der Waals surface area contributed by atoms with Crippen LogP contribution in [-0.2, 0) is 4.79 Å². The van der Waals surface area contributed by atoms with Gasteiger partial charge in [-0.25, -0.2) is 0 Å². The second-order valence-corrected chi connectivity index (χ2v) is 10.3. The maximum Gasteiger partial charge on any atom is 0.248 e. The highest BCUT2D eigenvalue weighted by Gasteiger charge is 2.32. The molecule has 4 rings (SSSR count). The van der Waals surface area contributed by atoms with Crippen LogP contribution in [0.4, 0.5) is 5.69 Å². The van der Waals surface area contributed by atoms with Crippen molar-refractivity contribution in [2.45, 2.75) is 44.2 Å². The smallest absolute Gasteiger partial charge is 0.248 e. The lowest BCUT2D eigenvalue weighted by Gasteiger charge is -2.36. The number of amides is 1. The lowest BCUT2D eigenvalue weighted by Crippen LogP contribution is -2.43. The number of benzene rings is 2. The predicted octanol–water partition coefficient (Wildman–Crippen LogP) is 5.59. The van der Waals surface area contributed by atoms with Crippen LogP contribution in [0.3, 0.4) is 0 Å². The topological polar surface area (TPSA) is 55.8 Å². The largest absolute Gasteiger partial charge is 0.387 e. The summed E-state index contributed by atoms with van der Waals surface area (Å²) in [6.45, 7) is 5.15. The number of aliphatic hydroxyl groups is 1. The number of anilines is 1. The van der Waals surface area contributed by atoms with Crippen molar-refractivity contribution < 1.29 is 9.90 Å². The lowest BCUT2D eigenvalue weighted by atomic mass is 9.88. The Morgan fingerprint density at radius 2 is 1.82 bits per heavy atom. The molecule has 2 aromatic rings. The van der Waals surface area contributed by atoms with Gasteiger partial charge in [-0.1, -0.05) is 46.9 Å². The Labute approximate surface area is 210 Å². The molecule has 2 aliphatic heterocycles. The molecule has 1 amide bonds. The second kappa shape index (κ2) is 10.8. The monoisotopic (exact) mass is 509 g/mol. The summed E-state index contributed by atoms with van der Waals surface area (Å²) >= 11 is 18.9. The Morgan fingerprint density at radius 3 is 2.52 bits per heavy atom. The molecule has 0 aliphatic carbocycles. The standard InChI is InChI=1S/C25H30Cl3N3O2/c1-16(21-4-3-19(26)13-23(21)28)29-24-12-18(2-5-22(24)27)17-6-9-30(10-7-17)20-8-11-31(14-20)25(33)15-32/h2-5,12-13,16-17,20,29,32H,6-11,14-15H2,1H3/t16-,20?/m1/s1. The molecule has 0 radical (unpaired) electrons. The first-order valence-electron chi connectivity index (χ1n) is 11.5. The number of piperidine rings is 1. The number of hydrogen-bond donors (Lipinski definition) is 2. The molecule has 2 saturated heterocycles. The number of hydrogen-bond acceptors (Lipinski definition) is 4. The number of carbonyl (C=O) groups excluding carboxylic acids is 1. The van der Waals surface area contributed by atoms with Gasteiger partial charge in [-0.05, 0) is 80.6 Å². The summed E-state index contributed by atoms with van der Waals surface area (Å²) in [5, 5.41) is 14.6. The quantitative estimate of drug-likeness (QED) is 0.532. The van der Waals surface area contributed by atoms with Gasteiger partial charge in [0.15, 0.2) is 0 Å². The van der Waals surface area contributed by atoms with Crippen LogP contribution < -0.4 is 5.32 Å². The van der Waals surface area contributed by atoms with Gasteiger partial charge in [0.2, 0.25) is 5.91 Å². The molecule has 2 atom stereocenters. The molecule has 1 unspecified atom stereocenters. The van der Waals surface area contributed by atoms with Crippen molar-refractivity contribution in [2.24, 2.45) is 0 Å². The highest BCUT2D eigenvalue weighted by Crippen LogP contribution is 2.36. The van der Waals surface area contributed by atoms with E-state index in [0.29, 0.717) is 27.0 Å². The molecular weight excluding hydrogens is 481 g/mol. The molecular formula is C25H30Cl3N3O2. The molecule has 8 heteroatoms. The van der Waals surface area contributed by atoms with E-state index in [9.17, 15) is 4.79 Å². The first-order valence-corrected chi connectivity index (χ1v) is 12.6. The minimum absolute atomic E-state index is 0.0173. The van der Waals surface area contributed by atoms with E-state index in [0.717, 1.165) is 56.7 Å². The van der Waals surface area contributed by atoms with E-state index in [-0.39, 0.29) is 11.9 Å². The summed E-state index contributed by atoms with van der Waals surface area (Å²) < 4.78 is 0. The normalized spacial score (nSPS) is 20.8. The van der Waals surface area contributed by atoms with Crippen LogP contribution in [0, 0.1) is 0 Å². The first-order chi connectivity index (χ1) is 15.9. The summed E-state index contributed by atoms with van der Waals surface area (Å²) in [6.07, 6.45) is 3.13. The van der Waals surface area contributed by atoms with Crippen molar-refractivity contribution >= 4 is 46.4 Å². The summed E-state index contributed by atoms with van der Waals surface area (Å²) in [6, 6.07) is 12.2. The molecule has 5 nitrogen and oxygen atoms in total. The molecule has 2 aliphatic rings. The van der Waals surface area contributed by atoms with Gasteiger partial charge in [0.25, 0.3) is 0 Å². The van der Waals surface area contributed by atoms with E-state index in [4.69, 9.17) is 39.9 Å². The second-order valence-electron chi connectivity index (χ2n) is 9.02. The molecule has 0 spiro atoms. The van der Waals surface area contributed by atoms with Crippen molar-refractivity contribution in [1.82, 2.24) is 9.80 Å². The lowest BCUT2D eigenvalue weighted by molar-refractivity contribution is -0.133. The van der Waals surface area contributed by atoms with Crippen molar-refractivity contribution in [3.05, 3.63) is 62.6 Å². The van der Waals surface area contributed by atoms with Gasteiger partial charge in [0, 0.05) is 29.2 Å². The maximum atomic E-state index is 11.8. The zero-order valence-electron chi connectivity index (χ0n) is 18.7. The third kappa shape index (κ3) is 5.77. The van der Waals surface area contributed by atoms with Crippen LogP contribution in [0.2, 0.25) is 15.1 Å². The number of aliphatic hydroxyl groups excluding tert-OH is 1. The van der Waals surface area contributed by atoms with Gasteiger partial charge >= 0.3 is 0 Å². The number of nitrogens with one attached hydrogen (secondary N) is 1. The molecule has 0 saturated carbocycles. The first kappa shape index (κ1) is 24.6. The number of rotatable bonds is 6. The van der Waals surface area contributed by atoms with Gasteiger partial charge in [-0.15, -0.1) is 0 Å². The third-order valence-electron chi connectivity index (χ3n) is 6.96. The number of carbonyl (C=O) groups is 1. The van der Waals surface area contributed by atoms with E-state index in [1.54, 1.807) is 11.0 Å². The Balaban J connectivity index is 1.38. The van der Waals surface area contributed by atoms with E-state index in [1.165, 1.54) is 5.56 Å². The average molecular weight is 511 g/mol. The van der Waals surface area contributed by atoms with Crippen LogP contribution in [0.15, 0.2) is 36.4 Å². The number of likely N-dealkylation sites (tertiary alicyclic amines) is 2. The Bertz CT molecular complexity index is 995. The van der Waals surface area contributed by atoms with Gasteiger partial charge in [-0.3, -0.25) is 9.69 Å². The van der Waals surface area contributed by atoms with Crippen LogP contribution in [-0.4, -0.2) is 59.6 Å². The summed E-state index contributed by atoms with van der Waals surface area (Å²) in [5.74, 6) is 0.313. The van der Waals surface area contributed by atoms with E-state index >= 15 is 0 Å². The average Bonchev–Trinajstić information content (AvgIpc) is 3.30.